The van der Waals surface area contributed by atoms with Gasteiger partial charge in [0.25, 0.3) is 0 Å². The summed E-state index contributed by atoms with van der Waals surface area (Å²) in [6, 6.07) is -3.28. The van der Waals surface area contributed by atoms with Crippen LogP contribution in [0.2, 0.25) is 0 Å². The number of nitrogens with zero attached hydrogens (tertiary/aromatic N) is 1. The average Bonchev–Trinajstić information content (AvgIpc) is 0.905. The fraction of sp³-hybridized carbons (Fsp3) is 0.864. The molecule has 20 N–H and O–H groups in total. The van der Waals surface area contributed by atoms with Gasteiger partial charge in [0, 0.05) is 144 Å². The summed E-state index contributed by atoms with van der Waals surface area (Å²) in [5.74, 6) is -3.72. The molecule has 0 aromatic rings. The monoisotopic (exact) mass is 1750 g/mol. The lowest BCUT2D eigenvalue weighted by Crippen LogP contribution is -2.64. The van der Waals surface area contributed by atoms with Crippen LogP contribution in [-0.2, 0) is 95.4 Å². The number of carbonyl (C=O) groups is 11. The smallest absolute Gasteiger partial charge is 0.222 e. The van der Waals surface area contributed by atoms with E-state index >= 15 is 0 Å². The van der Waals surface area contributed by atoms with Crippen molar-refractivity contribution in [3.05, 3.63) is 0 Å². The second-order valence-corrected chi connectivity index (χ2v) is 33.0. The Kier molecular flexibility index (Phi) is 53.1. The van der Waals surface area contributed by atoms with Crippen LogP contribution in [0, 0.1) is 5.41 Å². The third kappa shape index (κ3) is 43.5. The molecule has 4 rings (SSSR count). The van der Waals surface area contributed by atoms with Crippen molar-refractivity contribution in [3.63, 3.8) is 0 Å². The van der Waals surface area contributed by atoms with Crippen molar-refractivity contribution in [1.82, 2.24) is 58.1 Å². The van der Waals surface area contributed by atoms with Gasteiger partial charge in [0.1, 0.15) is 78.6 Å². The Bertz CT molecular complexity index is 2830. The molecule has 0 spiro atoms. The highest BCUT2D eigenvalue weighted by atomic mass is 16.7. The zero-order valence-electron chi connectivity index (χ0n) is 72.2. The Balaban J connectivity index is 1.31. The number of β-amino-alcohol motifs (C(OH)–C–C–N with tert-alkyl or cyclic N) is 1. The number of nitrogens with one attached hydrogen (secondary N) is 10. The van der Waals surface area contributed by atoms with E-state index in [2.05, 4.69) is 73.9 Å². The van der Waals surface area contributed by atoms with E-state index < -0.39 is 141 Å². The molecule has 4 aliphatic rings. The number of aliphatic hydroxyl groups excluding tert-OH is 10. The molecule has 11 amide bonds. The van der Waals surface area contributed by atoms with Crippen LogP contribution in [0.5, 0.6) is 0 Å². The zero-order valence-corrected chi connectivity index (χ0v) is 72.2. The number of ether oxygens (including phenoxy) is 9. The molecule has 41 nitrogen and oxygen atoms in total. The quantitative estimate of drug-likeness (QED) is 0.0260. The molecule has 0 aromatic heterocycles. The van der Waals surface area contributed by atoms with Gasteiger partial charge in [-0.05, 0) is 95.3 Å². The minimum atomic E-state index is -1.46. The standard InChI is InChI=1S/C81H145N11O30/c1-52(96)88-68-74(111)71(108)57(46-93)120-77(68)117-38-16-13-22-60(100)82-32-19-35-85-63(103)28-41-114-49-81(91-66(106)25-11-9-7-8-10-12-26-67(107)92-45-56(99)44-55(92)27-31-80(4,5)6,50-115-42-29-64(104)86-36-20-33-83-61(101)23-14-17-39-118-78-69(89-53(2)97)75(112)72(109)58(47-94)121-78)51-116-43-30-65(105)87-37-21-34-84-62(102)24-15-18-40-119-79-70(90-54(3)98)76(113)73(110)59(48-95)122-79/h55-59,68-79,93-95,99,108-113H,7-51H2,1-6H3,(H,82,100)(H,83,101)(H,84,102)(H,85,103)(H,86,104)(H,87,105)(H,88,96)(H,89,97)(H,90,98)(H,91,106)/t55-,56+,57?,58?,59?,68?,69?,70?,71?,72?,73?,74?,75?,76?,77?,78?,79?,81?/m1/s1. The number of hydrogen-bond acceptors (Lipinski definition) is 30. The summed E-state index contributed by atoms with van der Waals surface area (Å²) in [7, 11) is 0. The summed E-state index contributed by atoms with van der Waals surface area (Å²) in [6.07, 6.45) is -5.53. The highest BCUT2D eigenvalue weighted by Crippen LogP contribution is 2.31. The van der Waals surface area contributed by atoms with Crippen molar-refractivity contribution in [2.45, 2.75) is 318 Å². The molecule has 4 aliphatic heterocycles. The summed E-state index contributed by atoms with van der Waals surface area (Å²) in [5, 5.41) is 129. The maximum absolute atomic E-state index is 14.1. The maximum Gasteiger partial charge on any atom is 0.222 e. The van der Waals surface area contributed by atoms with Crippen LogP contribution >= 0.6 is 0 Å². The highest BCUT2D eigenvalue weighted by molar-refractivity contribution is 5.79. The topological polar surface area (TPSA) is 597 Å². The van der Waals surface area contributed by atoms with Gasteiger partial charge in [0.05, 0.1) is 65.6 Å². The molecule has 4 saturated heterocycles. The van der Waals surface area contributed by atoms with Gasteiger partial charge < -0.3 is 152 Å². The second-order valence-electron chi connectivity index (χ2n) is 33.0. The van der Waals surface area contributed by atoms with Crippen LogP contribution in [0.25, 0.3) is 0 Å². The molecule has 4 fully saturated rings. The molecule has 41 heteroatoms. The van der Waals surface area contributed by atoms with Gasteiger partial charge in [-0.25, -0.2) is 0 Å². The molecule has 0 radical (unpaired) electrons. The summed E-state index contributed by atoms with van der Waals surface area (Å²) in [6.45, 7) is 9.08. The predicted octanol–water partition coefficient (Wildman–Crippen LogP) is -3.77. The lowest BCUT2D eigenvalue weighted by molar-refractivity contribution is -0.270. The zero-order chi connectivity index (χ0) is 90.0. The number of amides is 11. The first-order chi connectivity index (χ1) is 58.2. The molecule has 122 heavy (non-hydrogen) atoms. The summed E-state index contributed by atoms with van der Waals surface area (Å²) in [4.78, 5) is 142. The van der Waals surface area contributed by atoms with Crippen LogP contribution in [0.15, 0.2) is 0 Å². The first-order valence-corrected chi connectivity index (χ1v) is 43.4. The van der Waals surface area contributed by atoms with Crippen LogP contribution in [0.1, 0.15) is 208 Å². The van der Waals surface area contributed by atoms with E-state index in [1.165, 1.54) is 20.8 Å². The largest absolute Gasteiger partial charge is 0.394 e. The van der Waals surface area contributed by atoms with Gasteiger partial charge in [-0.3, -0.25) is 52.7 Å². The number of carbonyl (C=O) groups excluding carboxylic acids is 11. The minimum Gasteiger partial charge on any atom is -0.394 e. The van der Waals surface area contributed by atoms with E-state index in [-0.39, 0.29) is 202 Å². The summed E-state index contributed by atoms with van der Waals surface area (Å²) >= 11 is 0. The van der Waals surface area contributed by atoms with E-state index in [0.717, 1.165) is 32.1 Å². The predicted molar refractivity (Wildman–Crippen MR) is 436 cm³/mol. The van der Waals surface area contributed by atoms with Crippen LogP contribution in [0.4, 0.5) is 0 Å². The molecule has 704 valence electrons. The number of hydrogen-bond donors (Lipinski definition) is 20. The van der Waals surface area contributed by atoms with Crippen molar-refractivity contribution in [3.8, 4) is 0 Å². The fourth-order valence-corrected chi connectivity index (χ4v) is 14.1. The van der Waals surface area contributed by atoms with Crippen molar-refractivity contribution < 1.29 is 146 Å². The number of aliphatic hydroxyl groups is 10. The molecule has 0 aromatic carbocycles. The molecular formula is C81H145N11O30. The van der Waals surface area contributed by atoms with E-state index in [9.17, 15) is 104 Å². The van der Waals surface area contributed by atoms with E-state index in [1.807, 2.05) is 4.90 Å². The Hall–Kier alpha value is -6.59. The van der Waals surface area contributed by atoms with Gasteiger partial charge >= 0.3 is 0 Å². The van der Waals surface area contributed by atoms with Gasteiger partial charge in [-0.1, -0.05) is 46.5 Å². The van der Waals surface area contributed by atoms with Crippen molar-refractivity contribution in [2.24, 2.45) is 5.41 Å². The van der Waals surface area contributed by atoms with Crippen molar-refractivity contribution >= 4 is 65.0 Å². The maximum atomic E-state index is 14.1. The van der Waals surface area contributed by atoms with E-state index in [1.54, 1.807) is 0 Å². The number of unbranched alkanes of at least 4 members (excludes halogenated alkanes) is 8. The average molecular weight is 1750 g/mol. The Morgan fingerprint density at radius 1 is 0.369 bits per heavy atom. The van der Waals surface area contributed by atoms with Gasteiger partial charge in [0.15, 0.2) is 18.9 Å². The normalized spacial score (nSPS) is 25.2. The SMILES string of the molecule is CC(=O)NC1C(OCCCCC(=O)NCCCNC(=O)CCOCC(COCCC(=O)NCCCNC(=O)CCCCOC2OC(CO)C(O)C(O)C2NC(C)=O)(COCCC(=O)NCCCNC(=O)CCCCOC2OC(CO)C(O)C(O)C2NC(C)=O)NC(=O)CCCCCCCCC(=O)N2C[C@@H](O)C[C@H]2CCC(C)(C)C)OC(CO)C(O)C1O. The van der Waals surface area contributed by atoms with E-state index in [4.69, 9.17) is 42.6 Å². The van der Waals surface area contributed by atoms with Crippen LogP contribution < -0.4 is 53.2 Å². The van der Waals surface area contributed by atoms with Crippen LogP contribution in [-0.4, -0.2) is 356 Å². The number of rotatable bonds is 63. The first kappa shape index (κ1) is 108. The van der Waals surface area contributed by atoms with E-state index in [0.29, 0.717) is 96.4 Å². The Labute approximate surface area is 715 Å². The molecule has 15 unspecified atom stereocenters. The number of likely N-dealkylation sites (tertiary alicyclic amines) is 1. The molecule has 4 heterocycles. The lowest BCUT2D eigenvalue weighted by atomic mass is 9.88. The third-order valence-electron chi connectivity index (χ3n) is 20.9. The van der Waals surface area contributed by atoms with Gasteiger partial charge in [0.2, 0.25) is 65.0 Å². The summed E-state index contributed by atoms with van der Waals surface area (Å²) in [5.41, 5.74) is -1.34. The molecule has 0 aliphatic carbocycles. The minimum absolute atomic E-state index is 0.0214. The highest BCUT2D eigenvalue weighted by Gasteiger charge is 2.48. The molecular weight excluding hydrogens is 1610 g/mol. The summed E-state index contributed by atoms with van der Waals surface area (Å²) < 4.78 is 52.3. The van der Waals surface area contributed by atoms with Crippen molar-refractivity contribution in [1.29, 1.82) is 0 Å². The van der Waals surface area contributed by atoms with Crippen LogP contribution in [0.3, 0.4) is 0 Å². The third-order valence-corrected chi connectivity index (χ3v) is 20.9. The fourth-order valence-electron chi connectivity index (χ4n) is 14.1. The van der Waals surface area contributed by atoms with Gasteiger partial charge in [-0.15, -0.1) is 0 Å². The second kappa shape index (κ2) is 60.2. The molecule has 17 atom stereocenters. The van der Waals surface area contributed by atoms with Crippen molar-refractivity contribution in [2.75, 3.05) is 125 Å². The lowest BCUT2D eigenvalue weighted by Gasteiger charge is -2.42. The first-order valence-electron chi connectivity index (χ1n) is 43.4. The molecule has 0 saturated carbocycles. The Morgan fingerprint density at radius 3 is 0.975 bits per heavy atom. The Morgan fingerprint density at radius 2 is 0.664 bits per heavy atom. The van der Waals surface area contributed by atoms with Gasteiger partial charge in [-0.2, -0.15) is 0 Å². The molecule has 0 bridgehead atoms.